The highest BCUT2D eigenvalue weighted by Gasteiger charge is 2.26. The van der Waals surface area contributed by atoms with E-state index in [4.69, 9.17) is 9.47 Å². The number of fused-ring (bicyclic) bond motifs is 1. The third-order valence-corrected chi connectivity index (χ3v) is 5.05. The van der Waals surface area contributed by atoms with Crippen molar-refractivity contribution in [3.63, 3.8) is 0 Å². The molecule has 4 rings (SSSR count). The maximum absolute atomic E-state index is 5.61. The van der Waals surface area contributed by atoms with Crippen molar-refractivity contribution >= 4 is 11.6 Å². The summed E-state index contributed by atoms with van der Waals surface area (Å²) in [6.07, 6.45) is 3.70. The van der Waals surface area contributed by atoms with Crippen molar-refractivity contribution < 1.29 is 9.47 Å². The number of aromatic nitrogens is 3. The van der Waals surface area contributed by atoms with Gasteiger partial charge in [-0.2, -0.15) is 10.1 Å². The van der Waals surface area contributed by atoms with Crippen molar-refractivity contribution in [3.05, 3.63) is 71.6 Å². The molecule has 0 amide bonds. The molecule has 1 aromatic heterocycles. The lowest BCUT2D eigenvalue weighted by Crippen LogP contribution is -2.20. The molecule has 1 aliphatic rings. The van der Waals surface area contributed by atoms with Gasteiger partial charge in [-0.25, -0.2) is 4.68 Å². The standard InChI is InChI=1S/C22H24N4O2/c1-14(2)15-5-7-16(8-6-15)19-12-20(26-22(25-19)23-13-24-26)18-11-17(27-3)9-10-21(18)28-4/h5-14,20H,1-4H3,(H,23,24,25)/t20-/m1/s1. The highest BCUT2D eigenvalue weighted by Crippen LogP contribution is 2.37. The monoisotopic (exact) mass is 376 g/mol. The third kappa shape index (κ3) is 3.22. The maximum Gasteiger partial charge on any atom is 0.226 e. The number of methoxy groups -OCH3 is 2. The molecule has 1 N–H and O–H groups in total. The van der Waals surface area contributed by atoms with E-state index < -0.39 is 0 Å². The number of nitrogens with zero attached hydrogens (tertiary/aromatic N) is 3. The molecule has 2 heterocycles. The van der Waals surface area contributed by atoms with Gasteiger partial charge < -0.3 is 14.8 Å². The second kappa shape index (κ2) is 7.38. The Kier molecular flexibility index (Phi) is 4.77. The lowest BCUT2D eigenvalue weighted by atomic mass is 9.98. The van der Waals surface area contributed by atoms with E-state index in [1.807, 2.05) is 22.9 Å². The average Bonchev–Trinajstić information content (AvgIpc) is 3.21. The normalized spacial score (nSPS) is 15.6. The largest absolute Gasteiger partial charge is 0.497 e. The molecule has 0 spiro atoms. The van der Waals surface area contributed by atoms with Gasteiger partial charge in [0.25, 0.3) is 0 Å². The fraction of sp³-hybridized carbons (Fsp3) is 0.273. The van der Waals surface area contributed by atoms with Crippen LogP contribution in [0.3, 0.4) is 0 Å². The molecule has 2 aromatic carbocycles. The number of ether oxygens (including phenoxy) is 2. The molecule has 1 atom stereocenters. The summed E-state index contributed by atoms with van der Waals surface area (Å²) in [5.41, 5.74) is 4.37. The van der Waals surface area contributed by atoms with Gasteiger partial charge in [-0.05, 0) is 41.3 Å². The smallest absolute Gasteiger partial charge is 0.226 e. The van der Waals surface area contributed by atoms with E-state index in [1.165, 1.54) is 5.56 Å². The van der Waals surface area contributed by atoms with Gasteiger partial charge in [-0.3, -0.25) is 0 Å². The average molecular weight is 376 g/mol. The summed E-state index contributed by atoms with van der Waals surface area (Å²) in [7, 11) is 3.33. The number of benzene rings is 2. The molecule has 0 fully saturated rings. The van der Waals surface area contributed by atoms with Gasteiger partial charge in [0.1, 0.15) is 23.9 Å². The molecule has 0 aliphatic carbocycles. The van der Waals surface area contributed by atoms with Crippen LogP contribution in [0.1, 0.15) is 42.5 Å². The van der Waals surface area contributed by atoms with Crippen molar-refractivity contribution in [2.45, 2.75) is 25.8 Å². The van der Waals surface area contributed by atoms with Gasteiger partial charge in [0, 0.05) is 11.3 Å². The summed E-state index contributed by atoms with van der Waals surface area (Å²) in [6.45, 7) is 4.39. The lowest BCUT2D eigenvalue weighted by Gasteiger charge is -2.26. The summed E-state index contributed by atoms with van der Waals surface area (Å²) in [5.74, 6) is 2.74. The van der Waals surface area contributed by atoms with Crippen LogP contribution in [0.2, 0.25) is 0 Å². The van der Waals surface area contributed by atoms with E-state index in [0.29, 0.717) is 11.9 Å². The molecule has 0 saturated carbocycles. The highest BCUT2D eigenvalue weighted by molar-refractivity contribution is 5.77. The first-order chi connectivity index (χ1) is 13.6. The Bertz CT molecular complexity index is 1010. The Morgan fingerprint density at radius 3 is 2.50 bits per heavy atom. The molecular formula is C22H24N4O2. The second-order valence-corrected chi connectivity index (χ2v) is 7.06. The molecule has 6 nitrogen and oxygen atoms in total. The quantitative estimate of drug-likeness (QED) is 0.712. The van der Waals surface area contributed by atoms with Crippen molar-refractivity contribution in [2.75, 3.05) is 19.5 Å². The first-order valence-corrected chi connectivity index (χ1v) is 9.31. The van der Waals surface area contributed by atoms with Crippen LogP contribution in [0, 0.1) is 0 Å². The third-order valence-electron chi connectivity index (χ3n) is 5.05. The zero-order valence-corrected chi connectivity index (χ0v) is 16.5. The van der Waals surface area contributed by atoms with Gasteiger partial charge in [-0.15, -0.1) is 0 Å². The zero-order chi connectivity index (χ0) is 19.7. The molecular weight excluding hydrogens is 352 g/mol. The molecule has 6 heteroatoms. The fourth-order valence-corrected chi connectivity index (χ4v) is 3.44. The first-order valence-electron chi connectivity index (χ1n) is 9.31. The number of hydrogen-bond donors (Lipinski definition) is 1. The topological polar surface area (TPSA) is 61.2 Å². The summed E-state index contributed by atoms with van der Waals surface area (Å²) in [6, 6.07) is 14.2. The Morgan fingerprint density at radius 1 is 1.04 bits per heavy atom. The molecule has 0 radical (unpaired) electrons. The van der Waals surface area contributed by atoms with Gasteiger partial charge in [0.2, 0.25) is 5.95 Å². The number of hydrogen-bond acceptors (Lipinski definition) is 5. The van der Waals surface area contributed by atoms with Crippen molar-refractivity contribution in [1.82, 2.24) is 14.8 Å². The number of allylic oxidation sites excluding steroid dienone is 1. The van der Waals surface area contributed by atoms with Gasteiger partial charge in [0.15, 0.2) is 0 Å². The van der Waals surface area contributed by atoms with Crippen LogP contribution >= 0.6 is 0 Å². The molecule has 0 bridgehead atoms. The van der Waals surface area contributed by atoms with E-state index in [9.17, 15) is 0 Å². The SMILES string of the molecule is COc1ccc(OC)c([C@H]2C=C(c3ccc(C(C)C)cc3)Nc3ncnn32)c1. The molecule has 28 heavy (non-hydrogen) atoms. The maximum atomic E-state index is 5.61. The zero-order valence-electron chi connectivity index (χ0n) is 16.5. The van der Waals surface area contributed by atoms with Crippen LogP contribution in [0.25, 0.3) is 5.70 Å². The van der Waals surface area contributed by atoms with E-state index >= 15 is 0 Å². The Morgan fingerprint density at radius 2 is 1.82 bits per heavy atom. The summed E-state index contributed by atoms with van der Waals surface area (Å²) >= 11 is 0. The minimum atomic E-state index is -0.163. The highest BCUT2D eigenvalue weighted by atomic mass is 16.5. The Balaban J connectivity index is 1.80. The first kappa shape index (κ1) is 18.1. The summed E-state index contributed by atoms with van der Waals surface area (Å²) in [4.78, 5) is 4.38. The Hall–Kier alpha value is -3.28. The van der Waals surface area contributed by atoms with Crippen molar-refractivity contribution in [1.29, 1.82) is 0 Å². The minimum Gasteiger partial charge on any atom is -0.497 e. The molecule has 0 saturated heterocycles. The van der Waals surface area contributed by atoms with Crippen LogP contribution in [0.5, 0.6) is 11.5 Å². The van der Waals surface area contributed by atoms with Gasteiger partial charge in [-0.1, -0.05) is 38.1 Å². The van der Waals surface area contributed by atoms with Gasteiger partial charge >= 0.3 is 0 Å². The molecule has 144 valence electrons. The van der Waals surface area contributed by atoms with E-state index in [0.717, 1.165) is 28.3 Å². The number of rotatable bonds is 5. The Labute approximate surface area is 164 Å². The molecule has 0 unspecified atom stereocenters. The molecule has 1 aliphatic heterocycles. The minimum absolute atomic E-state index is 0.163. The van der Waals surface area contributed by atoms with Crippen LogP contribution < -0.4 is 14.8 Å². The predicted molar refractivity (Wildman–Crippen MR) is 110 cm³/mol. The second-order valence-electron chi connectivity index (χ2n) is 7.06. The summed E-state index contributed by atoms with van der Waals surface area (Å²) in [5, 5.41) is 7.80. The number of nitrogens with one attached hydrogen (secondary N) is 1. The van der Waals surface area contributed by atoms with Crippen molar-refractivity contribution in [2.24, 2.45) is 0 Å². The van der Waals surface area contributed by atoms with E-state index in [1.54, 1.807) is 20.5 Å². The van der Waals surface area contributed by atoms with Crippen LogP contribution in [-0.2, 0) is 0 Å². The lowest BCUT2D eigenvalue weighted by molar-refractivity contribution is 0.394. The van der Waals surface area contributed by atoms with Crippen molar-refractivity contribution in [3.8, 4) is 11.5 Å². The van der Waals surface area contributed by atoms with Crippen LogP contribution in [0.15, 0.2) is 54.9 Å². The fourth-order valence-electron chi connectivity index (χ4n) is 3.44. The summed E-state index contributed by atoms with van der Waals surface area (Å²) < 4.78 is 12.9. The van der Waals surface area contributed by atoms with E-state index in [2.05, 4.69) is 59.6 Å². The van der Waals surface area contributed by atoms with E-state index in [-0.39, 0.29) is 6.04 Å². The van der Waals surface area contributed by atoms with Gasteiger partial charge in [0.05, 0.1) is 14.2 Å². The van der Waals surface area contributed by atoms with Crippen LogP contribution in [-0.4, -0.2) is 29.0 Å². The molecule has 3 aromatic rings. The predicted octanol–water partition coefficient (Wildman–Crippen LogP) is 4.47. The number of anilines is 1. The van der Waals surface area contributed by atoms with Crippen LogP contribution in [0.4, 0.5) is 5.95 Å².